The van der Waals surface area contributed by atoms with Crippen LogP contribution in [-0.4, -0.2) is 67.3 Å². The van der Waals surface area contributed by atoms with E-state index in [1.165, 1.54) is 0 Å². The quantitative estimate of drug-likeness (QED) is 0.664. The first-order chi connectivity index (χ1) is 13.1. The summed E-state index contributed by atoms with van der Waals surface area (Å²) in [4.78, 5) is 25.9. The van der Waals surface area contributed by atoms with Crippen LogP contribution in [0.1, 0.15) is 56.7 Å². The average Bonchev–Trinajstić information content (AvgIpc) is 3.27. The zero-order valence-corrected chi connectivity index (χ0v) is 15.4. The lowest BCUT2D eigenvalue weighted by atomic mass is 9.86. The number of aromatic nitrogens is 4. The van der Waals surface area contributed by atoms with Gasteiger partial charge in [0.05, 0.1) is 12.3 Å². The summed E-state index contributed by atoms with van der Waals surface area (Å²) in [5.74, 6) is 0.302. The summed E-state index contributed by atoms with van der Waals surface area (Å²) in [6, 6.07) is 0.258. The molecule has 4 rings (SSSR count). The van der Waals surface area contributed by atoms with Crippen molar-refractivity contribution in [1.82, 2.24) is 36.0 Å². The highest BCUT2D eigenvalue weighted by atomic mass is 16.4. The number of aliphatic carboxylic acids is 1. The Morgan fingerprint density at radius 1 is 1.11 bits per heavy atom. The number of carboxylic acid groups (broad SMARTS) is 1. The number of tetrazole rings is 1. The first-order valence-corrected chi connectivity index (χ1v) is 9.89. The number of hydrazine groups is 1. The van der Waals surface area contributed by atoms with Crippen LogP contribution in [0.3, 0.4) is 0 Å². The topological polar surface area (TPSA) is 125 Å². The number of piperidine rings is 1. The van der Waals surface area contributed by atoms with Crippen LogP contribution in [0.15, 0.2) is 0 Å². The molecule has 0 spiro atoms. The highest BCUT2D eigenvalue weighted by Gasteiger charge is 2.37. The minimum absolute atomic E-state index is 0.0167. The van der Waals surface area contributed by atoms with Crippen molar-refractivity contribution >= 4 is 11.9 Å². The van der Waals surface area contributed by atoms with E-state index in [9.17, 15) is 9.59 Å². The number of likely N-dealkylation sites (tertiary alicyclic amines) is 1. The van der Waals surface area contributed by atoms with Gasteiger partial charge in [-0.1, -0.05) is 6.42 Å². The van der Waals surface area contributed by atoms with Crippen molar-refractivity contribution < 1.29 is 14.7 Å². The molecular weight excluding hydrogens is 350 g/mol. The Balaban J connectivity index is 1.32. The van der Waals surface area contributed by atoms with Crippen molar-refractivity contribution in [2.45, 2.75) is 69.5 Å². The summed E-state index contributed by atoms with van der Waals surface area (Å²) >= 11 is 0. The van der Waals surface area contributed by atoms with Crippen molar-refractivity contribution in [2.24, 2.45) is 5.92 Å². The van der Waals surface area contributed by atoms with Gasteiger partial charge in [0.25, 0.3) is 0 Å². The van der Waals surface area contributed by atoms with Gasteiger partial charge in [0.2, 0.25) is 5.91 Å². The Kier molecular flexibility index (Phi) is 5.35. The molecule has 3 N–H and O–H groups in total. The van der Waals surface area contributed by atoms with E-state index in [1.807, 2.05) is 4.90 Å². The van der Waals surface area contributed by atoms with Crippen LogP contribution in [0.4, 0.5) is 0 Å². The molecule has 2 saturated heterocycles. The maximum absolute atomic E-state index is 13.1. The van der Waals surface area contributed by atoms with Crippen molar-refractivity contribution in [3.8, 4) is 0 Å². The lowest BCUT2D eigenvalue weighted by molar-refractivity contribution is -0.137. The molecule has 3 aliphatic heterocycles. The predicted molar refractivity (Wildman–Crippen MR) is 94.4 cm³/mol. The number of rotatable bonds is 4. The number of hydrogen-bond donors (Lipinski definition) is 3. The molecule has 4 heterocycles. The molecule has 148 valence electrons. The number of carboxylic acids is 1. The molecular formula is C17H27N7O3. The molecule has 0 aromatic carbocycles. The highest BCUT2D eigenvalue weighted by Crippen LogP contribution is 2.30. The molecule has 0 aliphatic carbocycles. The summed E-state index contributed by atoms with van der Waals surface area (Å²) in [5.41, 5.74) is 6.36. The smallest absolute Gasteiger partial charge is 0.304 e. The van der Waals surface area contributed by atoms with Gasteiger partial charge >= 0.3 is 5.97 Å². The van der Waals surface area contributed by atoms with Gasteiger partial charge in [-0.2, -0.15) is 0 Å². The first kappa shape index (κ1) is 18.3. The average molecular weight is 377 g/mol. The third-order valence-electron chi connectivity index (χ3n) is 6.13. The van der Waals surface area contributed by atoms with Crippen LogP contribution in [0.2, 0.25) is 0 Å². The lowest BCUT2D eigenvalue weighted by Gasteiger charge is -2.36. The number of nitrogens with one attached hydrogen (secondary N) is 2. The van der Waals surface area contributed by atoms with E-state index >= 15 is 0 Å². The Morgan fingerprint density at radius 2 is 1.93 bits per heavy atom. The Bertz CT molecular complexity index is 686. The molecule has 10 nitrogen and oxygen atoms in total. The van der Waals surface area contributed by atoms with E-state index in [-0.39, 0.29) is 30.3 Å². The normalized spacial score (nSPS) is 29.3. The summed E-state index contributed by atoms with van der Waals surface area (Å²) in [6.45, 7) is 2.26. The maximum Gasteiger partial charge on any atom is 0.304 e. The monoisotopic (exact) mass is 377 g/mol. The molecule has 1 amide bonds. The maximum atomic E-state index is 13.1. The molecule has 0 bridgehead atoms. The zero-order chi connectivity index (χ0) is 18.8. The van der Waals surface area contributed by atoms with Gasteiger partial charge in [0, 0.05) is 31.7 Å². The zero-order valence-electron chi connectivity index (χ0n) is 15.4. The second kappa shape index (κ2) is 7.89. The molecule has 3 atom stereocenters. The number of carbonyl (C=O) groups excluding carboxylic acids is 1. The fraction of sp³-hybridized carbons (Fsp3) is 0.824. The van der Waals surface area contributed by atoms with Crippen LogP contribution in [0.25, 0.3) is 0 Å². The third-order valence-corrected chi connectivity index (χ3v) is 6.13. The van der Waals surface area contributed by atoms with Crippen molar-refractivity contribution in [3.05, 3.63) is 5.82 Å². The second-order valence-corrected chi connectivity index (χ2v) is 7.90. The molecule has 1 aromatic rings. The largest absolute Gasteiger partial charge is 0.481 e. The molecule has 0 radical (unpaired) electrons. The third kappa shape index (κ3) is 3.96. The second-order valence-electron chi connectivity index (χ2n) is 7.90. The number of nitrogens with zero attached hydrogens (tertiary/aromatic N) is 5. The lowest BCUT2D eigenvalue weighted by Crippen LogP contribution is -2.46. The Labute approximate surface area is 157 Å². The van der Waals surface area contributed by atoms with Crippen LogP contribution in [0, 0.1) is 5.92 Å². The molecule has 0 saturated carbocycles. The van der Waals surface area contributed by atoms with E-state index in [4.69, 9.17) is 5.11 Å². The van der Waals surface area contributed by atoms with E-state index < -0.39 is 5.97 Å². The number of amides is 1. The fourth-order valence-corrected chi connectivity index (χ4v) is 4.64. The van der Waals surface area contributed by atoms with Gasteiger partial charge in [-0.05, 0) is 48.4 Å². The SMILES string of the molecule is O=C(O)CC1CC(C2CCN(C(=O)C3CCCCn4nnnc43)CC2)NN1. The van der Waals surface area contributed by atoms with E-state index in [0.717, 1.165) is 58.2 Å². The minimum atomic E-state index is -0.777. The number of carbonyl (C=O) groups is 2. The van der Waals surface area contributed by atoms with Crippen molar-refractivity contribution in [3.63, 3.8) is 0 Å². The van der Waals surface area contributed by atoms with Gasteiger partial charge in [0.1, 0.15) is 0 Å². The van der Waals surface area contributed by atoms with Gasteiger partial charge in [-0.3, -0.25) is 20.4 Å². The molecule has 10 heteroatoms. The van der Waals surface area contributed by atoms with E-state index in [1.54, 1.807) is 4.68 Å². The Morgan fingerprint density at radius 3 is 2.70 bits per heavy atom. The molecule has 3 aliphatic rings. The number of fused-ring (bicyclic) bond motifs is 1. The first-order valence-electron chi connectivity index (χ1n) is 9.89. The van der Waals surface area contributed by atoms with Gasteiger partial charge < -0.3 is 10.0 Å². The van der Waals surface area contributed by atoms with Crippen LogP contribution < -0.4 is 10.9 Å². The van der Waals surface area contributed by atoms with Gasteiger partial charge in [0.15, 0.2) is 5.82 Å². The molecule has 2 fully saturated rings. The van der Waals surface area contributed by atoms with Crippen molar-refractivity contribution in [1.29, 1.82) is 0 Å². The number of aryl methyl sites for hydroxylation is 1. The molecule has 27 heavy (non-hydrogen) atoms. The fourth-order valence-electron chi connectivity index (χ4n) is 4.64. The highest BCUT2D eigenvalue weighted by molar-refractivity contribution is 5.83. The van der Waals surface area contributed by atoms with Crippen molar-refractivity contribution in [2.75, 3.05) is 13.1 Å². The van der Waals surface area contributed by atoms with E-state index in [2.05, 4.69) is 26.4 Å². The summed E-state index contributed by atoms with van der Waals surface area (Å²) in [6.07, 6.45) is 5.64. The Hall–Kier alpha value is -2.07. The molecule has 1 aromatic heterocycles. The van der Waals surface area contributed by atoms with E-state index in [0.29, 0.717) is 11.7 Å². The summed E-state index contributed by atoms with van der Waals surface area (Å²) in [7, 11) is 0. The van der Waals surface area contributed by atoms with Crippen LogP contribution >= 0.6 is 0 Å². The van der Waals surface area contributed by atoms with Crippen LogP contribution in [-0.2, 0) is 16.1 Å². The van der Waals surface area contributed by atoms with Gasteiger partial charge in [-0.15, -0.1) is 5.10 Å². The van der Waals surface area contributed by atoms with Gasteiger partial charge in [-0.25, -0.2) is 4.68 Å². The minimum Gasteiger partial charge on any atom is -0.481 e. The summed E-state index contributed by atoms with van der Waals surface area (Å²) < 4.78 is 1.78. The predicted octanol–water partition coefficient (Wildman–Crippen LogP) is -0.111. The molecule has 3 unspecified atom stereocenters. The van der Waals surface area contributed by atoms with Crippen LogP contribution in [0.5, 0.6) is 0 Å². The standard InChI is InChI=1S/C17H27N7O3/c25-15(26)10-12-9-14(19-18-12)11-4-7-23(8-5-11)17(27)13-3-1-2-6-24-16(13)20-21-22-24/h11-14,18-19H,1-10H2,(H,25,26). The number of hydrogen-bond acceptors (Lipinski definition) is 7. The summed E-state index contributed by atoms with van der Waals surface area (Å²) in [5, 5.41) is 20.8.